The van der Waals surface area contributed by atoms with Crippen LogP contribution in [0.3, 0.4) is 0 Å². The molecule has 4 fully saturated rings. The van der Waals surface area contributed by atoms with Crippen LogP contribution in [-0.4, -0.2) is 23.9 Å². The van der Waals surface area contributed by atoms with Crippen molar-refractivity contribution in [1.82, 2.24) is 0 Å². The van der Waals surface area contributed by atoms with E-state index in [2.05, 4.69) is 13.8 Å². The quantitative estimate of drug-likeness (QED) is 0.644. The van der Waals surface area contributed by atoms with Crippen molar-refractivity contribution in [2.24, 2.45) is 52.1 Å². The lowest BCUT2D eigenvalue weighted by atomic mass is 9.44. The van der Waals surface area contributed by atoms with Crippen LogP contribution in [0.4, 0.5) is 0 Å². The fourth-order valence-electron chi connectivity index (χ4n) is 8.51. The number of hydrogen-bond acceptors (Lipinski definition) is 4. The third kappa shape index (κ3) is 3.45. The first-order valence-electron chi connectivity index (χ1n) is 12.5. The second kappa shape index (κ2) is 7.90. The Morgan fingerprint density at radius 2 is 1.60 bits per heavy atom. The number of rotatable bonds is 4. The van der Waals surface area contributed by atoms with Gasteiger partial charge in [-0.05, 0) is 105 Å². The fourth-order valence-corrected chi connectivity index (χ4v) is 8.51. The van der Waals surface area contributed by atoms with E-state index in [1.807, 2.05) is 20.8 Å². The molecule has 0 saturated heterocycles. The molecule has 0 aromatic carbocycles. The highest BCUT2D eigenvalue weighted by Gasteiger charge is 2.60. The third-order valence-corrected chi connectivity index (χ3v) is 10.4. The standard InChI is InChI=1S/C26H43NO3/c1-15(2)23(27)24(29)30-18-10-12-25(4)17(14-18)6-7-19-21-9-8-20(16(3)28)26(21,5)13-11-22(19)25/h15,17-23H,6-14,27H2,1-5H3/t17-,18-,19?,20-,21?,22?,23+,25+,26-/m1/s1. The number of esters is 1. The predicted octanol–water partition coefficient (Wildman–Crippen LogP) is 5.13. The number of carbonyl (C=O) groups excluding carboxylic acids is 2. The summed E-state index contributed by atoms with van der Waals surface area (Å²) in [5.74, 6) is 3.52. The highest BCUT2D eigenvalue weighted by Crippen LogP contribution is 2.67. The number of carbonyl (C=O) groups is 2. The Balaban J connectivity index is 1.45. The molecule has 170 valence electrons. The van der Waals surface area contributed by atoms with E-state index in [9.17, 15) is 9.59 Å². The van der Waals surface area contributed by atoms with Gasteiger partial charge < -0.3 is 10.5 Å². The van der Waals surface area contributed by atoms with E-state index in [4.69, 9.17) is 10.5 Å². The molecule has 4 rings (SSSR count). The second-order valence-corrected chi connectivity index (χ2v) is 12.0. The van der Waals surface area contributed by atoms with Gasteiger partial charge in [0.25, 0.3) is 0 Å². The van der Waals surface area contributed by atoms with Crippen molar-refractivity contribution in [2.75, 3.05) is 0 Å². The Bertz CT molecular complexity index is 690. The van der Waals surface area contributed by atoms with Crippen LogP contribution in [0.25, 0.3) is 0 Å². The van der Waals surface area contributed by atoms with Crippen LogP contribution < -0.4 is 5.73 Å². The van der Waals surface area contributed by atoms with Crippen molar-refractivity contribution in [3.05, 3.63) is 0 Å². The number of nitrogens with two attached hydrogens (primary N) is 1. The summed E-state index contributed by atoms with van der Waals surface area (Å²) in [5, 5.41) is 0. The zero-order valence-corrected chi connectivity index (χ0v) is 19.8. The smallest absolute Gasteiger partial charge is 0.323 e. The molecule has 4 heteroatoms. The SMILES string of the molecule is CC(=O)[C@H]1CCC2C3CC[C@@H]4C[C@H](OC(=O)[C@@H](N)C(C)C)CC[C@]4(C)C3CC[C@@]21C. The summed E-state index contributed by atoms with van der Waals surface area (Å²) in [5.41, 5.74) is 6.61. The lowest BCUT2D eigenvalue weighted by Crippen LogP contribution is -2.54. The van der Waals surface area contributed by atoms with Gasteiger partial charge in [-0.25, -0.2) is 0 Å². The van der Waals surface area contributed by atoms with E-state index < -0.39 is 6.04 Å². The number of ether oxygens (including phenoxy) is 1. The van der Waals surface area contributed by atoms with E-state index in [-0.39, 0.29) is 29.3 Å². The topological polar surface area (TPSA) is 69.4 Å². The van der Waals surface area contributed by atoms with Gasteiger partial charge in [-0.3, -0.25) is 9.59 Å². The molecule has 0 aromatic heterocycles. The molecule has 4 saturated carbocycles. The molecule has 9 atom stereocenters. The van der Waals surface area contributed by atoms with Crippen LogP contribution in [0.2, 0.25) is 0 Å². The Labute approximate surface area is 183 Å². The first-order chi connectivity index (χ1) is 14.1. The van der Waals surface area contributed by atoms with E-state index >= 15 is 0 Å². The molecule has 2 N–H and O–H groups in total. The minimum Gasteiger partial charge on any atom is -0.461 e. The molecule has 30 heavy (non-hydrogen) atoms. The highest BCUT2D eigenvalue weighted by atomic mass is 16.5. The average Bonchev–Trinajstić information content (AvgIpc) is 3.05. The average molecular weight is 418 g/mol. The van der Waals surface area contributed by atoms with Gasteiger partial charge in [-0.1, -0.05) is 27.7 Å². The Kier molecular flexibility index (Phi) is 5.87. The minimum absolute atomic E-state index is 0.0411. The maximum atomic E-state index is 12.4. The molecule has 0 aromatic rings. The zero-order chi connectivity index (χ0) is 21.8. The van der Waals surface area contributed by atoms with Crippen LogP contribution in [0.1, 0.15) is 92.4 Å². The van der Waals surface area contributed by atoms with Crippen molar-refractivity contribution in [3.8, 4) is 0 Å². The van der Waals surface area contributed by atoms with E-state index in [1.165, 1.54) is 32.1 Å². The summed E-state index contributed by atoms with van der Waals surface area (Å²) < 4.78 is 5.87. The summed E-state index contributed by atoms with van der Waals surface area (Å²) in [4.78, 5) is 24.7. The lowest BCUT2D eigenvalue weighted by Gasteiger charge is -2.61. The van der Waals surface area contributed by atoms with E-state index in [1.54, 1.807) is 0 Å². The molecule has 4 aliphatic carbocycles. The molecule has 4 aliphatic rings. The van der Waals surface area contributed by atoms with Gasteiger partial charge in [0, 0.05) is 5.92 Å². The van der Waals surface area contributed by atoms with Crippen LogP contribution in [0.15, 0.2) is 0 Å². The van der Waals surface area contributed by atoms with Gasteiger partial charge in [-0.2, -0.15) is 0 Å². The van der Waals surface area contributed by atoms with Crippen molar-refractivity contribution < 1.29 is 14.3 Å². The highest BCUT2D eigenvalue weighted by molar-refractivity contribution is 5.79. The third-order valence-electron chi connectivity index (χ3n) is 10.4. The van der Waals surface area contributed by atoms with Gasteiger partial charge in [0.1, 0.15) is 17.9 Å². The molecule has 3 unspecified atom stereocenters. The van der Waals surface area contributed by atoms with Gasteiger partial charge in [0.15, 0.2) is 0 Å². The van der Waals surface area contributed by atoms with Crippen LogP contribution in [0.5, 0.6) is 0 Å². The molecule has 0 spiro atoms. The molecular formula is C26H43NO3. The summed E-state index contributed by atoms with van der Waals surface area (Å²) in [6.45, 7) is 10.7. The van der Waals surface area contributed by atoms with Crippen LogP contribution in [0, 0.1) is 46.3 Å². The predicted molar refractivity (Wildman–Crippen MR) is 119 cm³/mol. The number of Topliss-reactive ketones (excluding diaryl/α,β-unsaturated/α-hetero) is 1. The molecule has 4 nitrogen and oxygen atoms in total. The van der Waals surface area contributed by atoms with E-state index in [0.29, 0.717) is 17.1 Å². The Morgan fingerprint density at radius 1 is 0.933 bits per heavy atom. The van der Waals surface area contributed by atoms with Crippen molar-refractivity contribution >= 4 is 11.8 Å². The normalized spacial score (nSPS) is 46.5. The maximum absolute atomic E-state index is 12.4. The Hall–Kier alpha value is -0.900. The van der Waals surface area contributed by atoms with E-state index in [0.717, 1.165) is 43.4 Å². The van der Waals surface area contributed by atoms with Crippen LogP contribution >= 0.6 is 0 Å². The van der Waals surface area contributed by atoms with Crippen LogP contribution in [-0.2, 0) is 14.3 Å². The first-order valence-corrected chi connectivity index (χ1v) is 12.5. The molecule has 0 bridgehead atoms. The first kappa shape index (κ1) is 22.3. The molecule has 0 amide bonds. The molecule has 0 radical (unpaired) electrons. The summed E-state index contributed by atoms with van der Waals surface area (Å²) in [6, 6.07) is -0.512. The van der Waals surface area contributed by atoms with Crippen molar-refractivity contribution in [2.45, 2.75) is 105 Å². The minimum atomic E-state index is -0.512. The van der Waals surface area contributed by atoms with Gasteiger partial charge in [0.05, 0.1) is 0 Å². The molecular weight excluding hydrogens is 374 g/mol. The van der Waals surface area contributed by atoms with Gasteiger partial charge in [0.2, 0.25) is 0 Å². The largest absolute Gasteiger partial charge is 0.461 e. The lowest BCUT2D eigenvalue weighted by molar-refractivity contribution is -0.165. The fraction of sp³-hybridized carbons (Fsp3) is 0.923. The summed E-state index contributed by atoms with van der Waals surface area (Å²) in [6.07, 6.45) is 10.6. The summed E-state index contributed by atoms with van der Waals surface area (Å²) >= 11 is 0. The molecule has 0 aliphatic heterocycles. The van der Waals surface area contributed by atoms with Crippen molar-refractivity contribution in [3.63, 3.8) is 0 Å². The number of ketones is 1. The Morgan fingerprint density at radius 3 is 2.27 bits per heavy atom. The number of hydrogen-bond donors (Lipinski definition) is 1. The van der Waals surface area contributed by atoms with Gasteiger partial charge in [-0.15, -0.1) is 0 Å². The number of fused-ring (bicyclic) bond motifs is 5. The second-order valence-electron chi connectivity index (χ2n) is 12.0. The zero-order valence-electron chi connectivity index (χ0n) is 19.8. The summed E-state index contributed by atoms with van der Waals surface area (Å²) in [7, 11) is 0. The monoisotopic (exact) mass is 417 g/mol. The molecule has 0 heterocycles. The van der Waals surface area contributed by atoms with Gasteiger partial charge >= 0.3 is 5.97 Å². The maximum Gasteiger partial charge on any atom is 0.323 e. The van der Waals surface area contributed by atoms with Crippen molar-refractivity contribution in [1.29, 1.82) is 0 Å².